The van der Waals surface area contributed by atoms with Gasteiger partial charge in [-0.1, -0.05) is 27.7 Å². The van der Waals surface area contributed by atoms with Crippen molar-refractivity contribution in [2.75, 3.05) is 14.1 Å². The van der Waals surface area contributed by atoms with Crippen LogP contribution in [0.3, 0.4) is 0 Å². The van der Waals surface area contributed by atoms with Crippen LogP contribution in [0.15, 0.2) is 0 Å². The average molecular weight is 578 g/mol. The summed E-state index contributed by atoms with van der Waals surface area (Å²) in [6.45, 7) is 12.9. The van der Waals surface area contributed by atoms with Crippen LogP contribution < -0.4 is 0 Å². The molecule has 0 spiro atoms. The van der Waals surface area contributed by atoms with E-state index in [9.17, 15) is 35.4 Å². The first kappa shape index (κ1) is 35.3. The minimum Gasteiger partial charge on any atom is -0.459 e. The number of hydrogen-bond donors (Lipinski definition) is 6. The largest absolute Gasteiger partial charge is 0.459 e. The molecule has 2 aliphatic rings. The maximum atomic E-state index is 13.2. The molecule has 15 atom stereocenters. The van der Waals surface area contributed by atoms with E-state index >= 15 is 0 Å². The molecule has 0 aliphatic carbocycles. The minimum atomic E-state index is -1.88. The molecule has 40 heavy (non-hydrogen) atoms. The van der Waals surface area contributed by atoms with Gasteiger partial charge < -0.3 is 49.7 Å². The highest BCUT2D eigenvalue weighted by molar-refractivity contribution is 5.73. The normalized spacial score (nSPS) is 50.3. The molecule has 2 aliphatic heterocycles. The second-order valence-corrected chi connectivity index (χ2v) is 13.2. The lowest BCUT2D eigenvalue weighted by atomic mass is 9.73. The van der Waals surface area contributed by atoms with Crippen molar-refractivity contribution >= 4 is 5.97 Å². The topological polar surface area (TPSA) is 169 Å². The molecule has 0 amide bonds. The molecular formula is C29H55NO10. The first-order valence-corrected chi connectivity index (χ1v) is 14.6. The summed E-state index contributed by atoms with van der Waals surface area (Å²) in [4.78, 5) is 15.1. The molecule has 236 valence electrons. The molecule has 0 aromatic heterocycles. The van der Waals surface area contributed by atoms with Gasteiger partial charge in [-0.15, -0.1) is 0 Å². The first-order chi connectivity index (χ1) is 18.3. The Morgan fingerprint density at radius 2 is 1.52 bits per heavy atom. The van der Waals surface area contributed by atoms with Crippen LogP contribution in [0.5, 0.6) is 0 Å². The maximum absolute atomic E-state index is 13.2. The summed E-state index contributed by atoms with van der Waals surface area (Å²) in [6, 6.07) is -0.270. The third-order valence-corrected chi connectivity index (χ3v) is 9.31. The quantitative estimate of drug-likeness (QED) is 0.259. The zero-order valence-corrected chi connectivity index (χ0v) is 25.9. The SMILES string of the molecule is CC[C@@H]1OC(=O)[C@H](C)[C@H](O)[C@H](C)[C@@H](O[C@@H]2O[C@H](C)C[C@H](N(C)C)[C@H]2O)[C@@](C)(O)C[C@@H](C)[C@H](O)[C@H](C)[C@@H](O)[C@]1(C)O. The molecule has 11 heteroatoms. The lowest BCUT2D eigenvalue weighted by molar-refractivity contribution is -0.300. The number of ether oxygens (including phenoxy) is 3. The van der Waals surface area contributed by atoms with Gasteiger partial charge in [0.1, 0.15) is 17.8 Å². The number of esters is 1. The van der Waals surface area contributed by atoms with Crippen LogP contribution in [-0.4, -0.2) is 122 Å². The fraction of sp³-hybridized carbons (Fsp3) is 0.966. The standard InChI is InChI=1S/C29H55NO10/c1-11-20-29(8,37)24(34)16(4)21(31)14(2)13-28(7,36)25(17(5)22(32)18(6)26(35)39-20)40-27-23(33)19(30(9)10)12-15(3)38-27/h14-25,27,31-34,36-37H,11-13H2,1-10H3/t14-,15-,16+,17+,18-,19+,20+,21+,22-,23-,24-,25-,27+,28+,29-/m1/s1. The molecule has 6 N–H and O–H groups in total. The summed E-state index contributed by atoms with van der Waals surface area (Å²) in [5.74, 6) is -4.14. The van der Waals surface area contributed by atoms with E-state index in [0.29, 0.717) is 6.42 Å². The summed E-state index contributed by atoms with van der Waals surface area (Å²) in [5, 5.41) is 67.8. The van der Waals surface area contributed by atoms with Gasteiger partial charge in [0.2, 0.25) is 0 Å². The van der Waals surface area contributed by atoms with Gasteiger partial charge in [0.05, 0.1) is 42.0 Å². The van der Waals surface area contributed by atoms with Gasteiger partial charge in [0.15, 0.2) is 6.29 Å². The van der Waals surface area contributed by atoms with E-state index in [4.69, 9.17) is 14.2 Å². The molecule has 0 aromatic rings. The number of likely N-dealkylation sites (N-methyl/N-ethyl adjacent to an activating group) is 1. The number of carbonyl (C=O) groups is 1. The zero-order chi connectivity index (χ0) is 30.9. The van der Waals surface area contributed by atoms with E-state index in [1.165, 1.54) is 20.8 Å². The van der Waals surface area contributed by atoms with Crippen LogP contribution in [0, 0.1) is 23.7 Å². The van der Waals surface area contributed by atoms with Crippen LogP contribution in [0.2, 0.25) is 0 Å². The smallest absolute Gasteiger partial charge is 0.311 e. The second-order valence-electron chi connectivity index (χ2n) is 13.2. The van der Waals surface area contributed by atoms with Gasteiger partial charge in [0.25, 0.3) is 0 Å². The van der Waals surface area contributed by atoms with E-state index in [-0.39, 0.29) is 25.0 Å². The van der Waals surface area contributed by atoms with Gasteiger partial charge in [-0.25, -0.2) is 0 Å². The molecule has 11 nitrogen and oxygen atoms in total. The summed E-state index contributed by atoms with van der Waals surface area (Å²) < 4.78 is 17.9. The van der Waals surface area contributed by atoms with Crippen LogP contribution >= 0.6 is 0 Å². The number of hydrogen-bond acceptors (Lipinski definition) is 11. The van der Waals surface area contributed by atoms with Crippen molar-refractivity contribution in [3.63, 3.8) is 0 Å². The van der Waals surface area contributed by atoms with Crippen molar-refractivity contribution in [1.82, 2.24) is 4.90 Å². The summed E-state index contributed by atoms with van der Waals surface area (Å²) >= 11 is 0. The first-order valence-electron chi connectivity index (χ1n) is 14.6. The molecule has 0 aromatic carbocycles. The molecule has 2 fully saturated rings. The van der Waals surface area contributed by atoms with Crippen molar-refractivity contribution in [3.8, 4) is 0 Å². The molecule has 2 heterocycles. The predicted molar refractivity (Wildman–Crippen MR) is 148 cm³/mol. The van der Waals surface area contributed by atoms with Gasteiger partial charge in [-0.3, -0.25) is 4.79 Å². The van der Waals surface area contributed by atoms with Crippen molar-refractivity contribution < 1.29 is 49.6 Å². The van der Waals surface area contributed by atoms with Crippen LogP contribution in [-0.2, 0) is 19.0 Å². The average Bonchev–Trinajstić information content (AvgIpc) is 2.87. The monoisotopic (exact) mass is 577 g/mol. The molecule has 0 radical (unpaired) electrons. The Morgan fingerprint density at radius 3 is 2.05 bits per heavy atom. The molecule has 0 unspecified atom stereocenters. The Kier molecular flexibility index (Phi) is 12.0. The van der Waals surface area contributed by atoms with Crippen LogP contribution in [0.25, 0.3) is 0 Å². The summed E-state index contributed by atoms with van der Waals surface area (Å²) in [5.41, 5.74) is -3.56. The molecule has 0 bridgehead atoms. The van der Waals surface area contributed by atoms with Crippen molar-refractivity contribution in [3.05, 3.63) is 0 Å². The van der Waals surface area contributed by atoms with Crippen LogP contribution in [0.4, 0.5) is 0 Å². The minimum absolute atomic E-state index is 0.0133. The number of nitrogens with zero attached hydrogens (tertiary/aromatic N) is 1. The Hall–Kier alpha value is -0.890. The summed E-state index contributed by atoms with van der Waals surface area (Å²) in [7, 11) is 3.69. The van der Waals surface area contributed by atoms with E-state index in [2.05, 4.69) is 0 Å². The fourth-order valence-corrected chi connectivity index (χ4v) is 6.59. The Bertz CT molecular complexity index is 823. The van der Waals surface area contributed by atoms with E-state index in [1.807, 2.05) is 25.9 Å². The van der Waals surface area contributed by atoms with Crippen molar-refractivity contribution in [1.29, 1.82) is 0 Å². The second kappa shape index (κ2) is 13.6. The van der Waals surface area contributed by atoms with Gasteiger partial charge >= 0.3 is 5.97 Å². The highest BCUT2D eigenvalue weighted by atomic mass is 16.7. The number of carbonyl (C=O) groups excluding carboxylic acids is 1. The zero-order valence-electron chi connectivity index (χ0n) is 25.9. The lowest BCUT2D eigenvalue weighted by Crippen LogP contribution is -2.60. The van der Waals surface area contributed by atoms with E-state index in [0.717, 1.165) is 0 Å². The Balaban J connectivity index is 2.54. The predicted octanol–water partition coefficient (Wildman–Crippen LogP) is 0.652. The number of aliphatic hydroxyl groups excluding tert-OH is 4. The van der Waals surface area contributed by atoms with Crippen molar-refractivity contribution in [2.45, 2.75) is 141 Å². The maximum Gasteiger partial charge on any atom is 0.311 e. The number of rotatable bonds is 4. The summed E-state index contributed by atoms with van der Waals surface area (Å²) in [6.07, 6.45) is -7.86. The van der Waals surface area contributed by atoms with Gasteiger partial charge in [0, 0.05) is 17.9 Å². The van der Waals surface area contributed by atoms with E-state index < -0.39 is 83.8 Å². The van der Waals surface area contributed by atoms with Gasteiger partial charge in [-0.2, -0.15) is 0 Å². The number of cyclic esters (lactones) is 1. The van der Waals surface area contributed by atoms with Crippen molar-refractivity contribution in [2.24, 2.45) is 23.7 Å². The molecule has 2 saturated heterocycles. The van der Waals surface area contributed by atoms with Gasteiger partial charge in [-0.05, 0) is 67.0 Å². The van der Waals surface area contributed by atoms with Crippen LogP contribution in [0.1, 0.15) is 74.7 Å². The Labute approximate surface area is 239 Å². The molecular weight excluding hydrogens is 522 g/mol. The number of aliphatic hydroxyl groups is 6. The molecule has 0 saturated carbocycles. The fourth-order valence-electron chi connectivity index (χ4n) is 6.59. The highest BCUT2D eigenvalue weighted by Crippen LogP contribution is 2.38. The third-order valence-electron chi connectivity index (χ3n) is 9.31. The highest BCUT2D eigenvalue weighted by Gasteiger charge is 2.51. The Morgan fingerprint density at radius 1 is 0.950 bits per heavy atom. The third kappa shape index (κ3) is 7.54. The lowest BCUT2D eigenvalue weighted by Gasteiger charge is -2.47. The molecule has 2 rings (SSSR count). The van der Waals surface area contributed by atoms with E-state index in [1.54, 1.807) is 27.7 Å².